The number of carboxylic acids is 1. The first-order valence-electron chi connectivity index (χ1n) is 4.98. The molecule has 0 aliphatic carbocycles. The van der Waals surface area contributed by atoms with Crippen molar-refractivity contribution in [3.63, 3.8) is 0 Å². The van der Waals surface area contributed by atoms with Crippen molar-refractivity contribution < 1.29 is 23.8 Å². The van der Waals surface area contributed by atoms with Crippen molar-refractivity contribution in [3.8, 4) is 0 Å². The molecule has 18 heavy (non-hydrogen) atoms. The fraction of sp³-hybridized carbons (Fsp3) is 0.400. The van der Waals surface area contributed by atoms with Gasteiger partial charge in [0.25, 0.3) is 6.43 Å². The van der Waals surface area contributed by atoms with E-state index in [2.05, 4.69) is 20.9 Å². The van der Waals surface area contributed by atoms with Gasteiger partial charge in [-0.1, -0.05) is 0 Å². The van der Waals surface area contributed by atoms with Gasteiger partial charge in [0.15, 0.2) is 0 Å². The highest BCUT2D eigenvalue weighted by atomic mass is 79.9. The molecule has 1 rings (SSSR count). The van der Waals surface area contributed by atoms with E-state index in [1.807, 2.05) is 0 Å². The number of aromatic carboxylic acids is 1. The minimum atomic E-state index is -2.65. The molecule has 0 spiro atoms. The molecule has 1 aromatic rings. The molecular formula is C10H11BrF2N2O3. The van der Waals surface area contributed by atoms with Crippen LogP contribution in [-0.4, -0.2) is 47.3 Å². The van der Waals surface area contributed by atoms with Gasteiger partial charge >= 0.3 is 5.97 Å². The standard InChI is InChI=1S/C10H11BrF2N2O3/c11-6-3-7(10(17)18)9(14-4-6)15(1-2-16)5-8(12)13/h3-4,8,16H,1-2,5H2,(H,17,18). The highest BCUT2D eigenvalue weighted by molar-refractivity contribution is 9.10. The van der Waals surface area contributed by atoms with Crippen LogP contribution in [0.2, 0.25) is 0 Å². The Balaban J connectivity index is 3.13. The summed E-state index contributed by atoms with van der Waals surface area (Å²) in [5.74, 6) is -1.35. The first kappa shape index (κ1) is 14.8. The van der Waals surface area contributed by atoms with E-state index >= 15 is 0 Å². The summed E-state index contributed by atoms with van der Waals surface area (Å²) in [5, 5.41) is 17.8. The molecule has 0 fully saturated rings. The first-order valence-corrected chi connectivity index (χ1v) is 5.77. The van der Waals surface area contributed by atoms with E-state index in [1.165, 1.54) is 12.3 Å². The third kappa shape index (κ3) is 3.88. The summed E-state index contributed by atoms with van der Waals surface area (Å²) in [6.07, 6.45) is -1.33. The number of carbonyl (C=O) groups is 1. The molecule has 0 amide bonds. The topological polar surface area (TPSA) is 73.7 Å². The molecular weight excluding hydrogens is 314 g/mol. The van der Waals surface area contributed by atoms with Gasteiger partial charge in [-0.2, -0.15) is 0 Å². The summed E-state index contributed by atoms with van der Waals surface area (Å²) >= 11 is 3.06. The van der Waals surface area contributed by atoms with E-state index in [-0.39, 0.29) is 24.5 Å². The van der Waals surface area contributed by atoms with Gasteiger partial charge in [-0.15, -0.1) is 0 Å². The van der Waals surface area contributed by atoms with Gasteiger partial charge in [-0.05, 0) is 22.0 Å². The molecule has 0 saturated heterocycles. The van der Waals surface area contributed by atoms with E-state index in [4.69, 9.17) is 10.2 Å². The van der Waals surface area contributed by atoms with Crippen molar-refractivity contribution in [1.29, 1.82) is 0 Å². The van der Waals surface area contributed by atoms with E-state index in [1.54, 1.807) is 0 Å². The number of aliphatic hydroxyl groups is 1. The first-order chi connectivity index (χ1) is 8.45. The number of carboxylic acid groups (broad SMARTS) is 1. The number of aliphatic hydroxyl groups excluding tert-OH is 1. The van der Waals surface area contributed by atoms with Crippen LogP contribution in [0.3, 0.4) is 0 Å². The molecule has 1 aromatic heterocycles. The molecule has 0 aliphatic heterocycles. The Labute approximate surface area is 110 Å². The maximum Gasteiger partial charge on any atom is 0.339 e. The van der Waals surface area contributed by atoms with Gasteiger partial charge in [-0.25, -0.2) is 18.6 Å². The van der Waals surface area contributed by atoms with Crippen LogP contribution in [-0.2, 0) is 0 Å². The fourth-order valence-corrected chi connectivity index (χ4v) is 1.74. The summed E-state index contributed by atoms with van der Waals surface area (Å²) in [6, 6.07) is 1.28. The Morgan fingerprint density at radius 1 is 1.56 bits per heavy atom. The molecule has 100 valence electrons. The zero-order valence-electron chi connectivity index (χ0n) is 9.18. The lowest BCUT2D eigenvalue weighted by molar-refractivity contribution is 0.0696. The van der Waals surface area contributed by atoms with Gasteiger partial charge < -0.3 is 15.1 Å². The number of hydrogen-bond donors (Lipinski definition) is 2. The van der Waals surface area contributed by atoms with Crippen LogP contribution in [0.25, 0.3) is 0 Å². The predicted octanol–water partition coefficient (Wildman–Crippen LogP) is 1.61. The van der Waals surface area contributed by atoms with Crippen molar-refractivity contribution in [2.75, 3.05) is 24.6 Å². The molecule has 0 bridgehead atoms. The predicted molar refractivity (Wildman–Crippen MR) is 64.2 cm³/mol. The number of anilines is 1. The van der Waals surface area contributed by atoms with Crippen LogP contribution < -0.4 is 4.90 Å². The second-order valence-electron chi connectivity index (χ2n) is 3.39. The SMILES string of the molecule is O=C(O)c1cc(Br)cnc1N(CCO)CC(F)F. The summed E-state index contributed by atoms with van der Waals surface area (Å²) in [4.78, 5) is 15.9. The Bertz CT molecular complexity index is 432. The number of hydrogen-bond acceptors (Lipinski definition) is 4. The van der Waals surface area contributed by atoms with E-state index in [0.717, 1.165) is 4.90 Å². The molecule has 0 radical (unpaired) electrons. The Hall–Kier alpha value is -1.28. The molecule has 0 unspecified atom stereocenters. The second-order valence-corrected chi connectivity index (χ2v) is 4.31. The van der Waals surface area contributed by atoms with Gasteiger partial charge in [0, 0.05) is 17.2 Å². The lowest BCUT2D eigenvalue weighted by atomic mass is 10.2. The van der Waals surface area contributed by atoms with E-state index in [0.29, 0.717) is 4.47 Å². The molecule has 0 atom stereocenters. The molecule has 0 aromatic carbocycles. The van der Waals surface area contributed by atoms with Crippen molar-refractivity contribution >= 4 is 27.7 Å². The van der Waals surface area contributed by atoms with Gasteiger partial charge in [0.1, 0.15) is 11.4 Å². The Morgan fingerprint density at radius 3 is 2.72 bits per heavy atom. The number of rotatable bonds is 6. The van der Waals surface area contributed by atoms with Crippen molar-refractivity contribution in [2.45, 2.75) is 6.43 Å². The molecule has 8 heteroatoms. The lowest BCUT2D eigenvalue weighted by Crippen LogP contribution is -2.33. The highest BCUT2D eigenvalue weighted by Crippen LogP contribution is 2.22. The summed E-state index contributed by atoms with van der Waals surface area (Å²) in [5.41, 5.74) is -0.196. The van der Waals surface area contributed by atoms with Crippen LogP contribution in [0.15, 0.2) is 16.7 Å². The maximum absolute atomic E-state index is 12.4. The maximum atomic E-state index is 12.4. The van der Waals surface area contributed by atoms with E-state index in [9.17, 15) is 13.6 Å². The smallest absolute Gasteiger partial charge is 0.339 e. The largest absolute Gasteiger partial charge is 0.478 e. The average molecular weight is 325 g/mol. The molecule has 2 N–H and O–H groups in total. The molecule has 0 saturated carbocycles. The minimum Gasteiger partial charge on any atom is -0.478 e. The highest BCUT2D eigenvalue weighted by Gasteiger charge is 2.20. The normalized spacial score (nSPS) is 10.7. The molecule has 5 nitrogen and oxygen atoms in total. The van der Waals surface area contributed by atoms with Crippen LogP contribution in [0.1, 0.15) is 10.4 Å². The summed E-state index contributed by atoms with van der Waals surface area (Å²) < 4.78 is 25.2. The molecule has 1 heterocycles. The zero-order chi connectivity index (χ0) is 13.7. The fourth-order valence-electron chi connectivity index (χ4n) is 1.41. The summed E-state index contributed by atoms with van der Waals surface area (Å²) in [6.45, 7) is -1.17. The average Bonchev–Trinajstić information content (AvgIpc) is 2.27. The third-order valence-corrected chi connectivity index (χ3v) is 2.53. The third-order valence-electron chi connectivity index (χ3n) is 2.09. The molecule has 0 aliphatic rings. The van der Waals surface area contributed by atoms with E-state index < -0.39 is 18.9 Å². The number of nitrogens with zero attached hydrogens (tertiary/aromatic N) is 2. The van der Waals surface area contributed by atoms with Crippen molar-refractivity contribution in [3.05, 3.63) is 22.3 Å². The van der Waals surface area contributed by atoms with Crippen LogP contribution in [0.5, 0.6) is 0 Å². The van der Waals surface area contributed by atoms with Gasteiger partial charge in [0.05, 0.1) is 13.2 Å². The summed E-state index contributed by atoms with van der Waals surface area (Å²) in [7, 11) is 0. The minimum absolute atomic E-state index is 0.0833. The number of alkyl halides is 2. The number of halogens is 3. The zero-order valence-corrected chi connectivity index (χ0v) is 10.8. The van der Waals surface area contributed by atoms with Crippen LogP contribution >= 0.6 is 15.9 Å². The Kier molecular flexibility index (Phi) is 5.42. The van der Waals surface area contributed by atoms with Gasteiger partial charge in [-0.3, -0.25) is 0 Å². The second kappa shape index (κ2) is 6.60. The number of pyridine rings is 1. The van der Waals surface area contributed by atoms with Crippen molar-refractivity contribution in [1.82, 2.24) is 4.98 Å². The number of aromatic nitrogens is 1. The van der Waals surface area contributed by atoms with Crippen molar-refractivity contribution in [2.24, 2.45) is 0 Å². The Morgan fingerprint density at radius 2 is 2.22 bits per heavy atom. The van der Waals surface area contributed by atoms with Crippen LogP contribution in [0, 0.1) is 0 Å². The quantitative estimate of drug-likeness (QED) is 0.831. The monoisotopic (exact) mass is 324 g/mol. The lowest BCUT2D eigenvalue weighted by Gasteiger charge is -2.23. The van der Waals surface area contributed by atoms with Gasteiger partial charge in [0.2, 0.25) is 0 Å². The van der Waals surface area contributed by atoms with Crippen LogP contribution in [0.4, 0.5) is 14.6 Å².